The van der Waals surface area contributed by atoms with Gasteiger partial charge < -0.3 is 10.2 Å². The maximum absolute atomic E-state index is 12.7. The van der Waals surface area contributed by atoms with E-state index < -0.39 is 24.5 Å². The Bertz CT molecular complexity index is 420. The number of alkyl halides is 3. The fourth-order valence-electron chi connectivity index (χ4n) is 1.21. The zero-order valence-electron chi connectivity index (χ0n) is 9.15. The van der Waals surface area contributed by atoms with Crippen molar-refractivity contribution < 1.29 is 28.2 Å². The van der Waals surface area contributed by atoms with Crippen LogP contribution >= 0.6 is 11.8 Å². The maximum atomic E-state index is 12.7. The summed E-state index contributed by atoms with van der Waals surface area (Å²) in [5, 5.41) is 17.7. The van der Waals surface area contributed by atoms with Crippen LogP contribution in [0.1, 0.15) is 15.9 Å². The largest absolute Gasteiger partial charge is 0.417 e. The first-order chi connectivity index (χ1) is 8.38. The zero-order valence-corrected chi connectivity index (χ0v) is 9.96. The highest BCUT2D eigenvalue weighted by atomic mass is 32.2. The van der Waals surface area contributed by atoms with Gasteiger partial charge in [-0.3, -0.25) is 4.79 Å². The Morgan fingerprint density at radius 1 is 1.39 bits per heavy atom. The number of aliphatic hydroxyl groups excluding tert-OH is 2. The van der Waals surface area contributed by atoms with Crippen LogP contribution in [0.5, 0.6) is 0 Å². The second-order valence-electron chi connectivity index (χ2n) is 3.52. The molecule has 0 fully saturated rings. The number of rotatable bonds is 5. The molecular weight excluding hydrogens is 269 g/mol. The molecular formula is C11H11F3O3S. The quantitative estimate of drug-likeness (QED) is 0.639. The SMILES string of the molecule is O=Cc1ccc(SCC(O)CO)c(C(F)(F)F)c1. The van der Waals surface area contributed by atoms with Crippen molar-refractivity contribution in [1.82, 2.24) is 0 Å². The second-order valence-corrected chi connectivity index (χ2v) is 4.58. The van der Waals surface area contributed by atoms with Gasteiger partial charge in [-0.1, -0.05) is 6.07 Å². The monoisotopic (exact) mass is 280 g/mol. The molecule has 1 atom stereocenters. The van der Waals surface area contributed by atoms with Gasteiger partial charge in [-0.15, -0.1) is 11.8 Å². The third-order valence-electron chi connectivity index (χ3n) is 2.09. The molecule has 0 spiro atoms. The Morgan fingerprint density at radius 2 is 2.06 bits per heavy atom. The molecule has 0 heterocycles. The van der Waals surface area contributed by atoms with Gasteiger partial charge in [0.25, 0.3) is 0 Å². The molecule has 0 aliphatic rings. The van der Waals surface area contributed by atoms with E-state index in [9.17, 15) is 18.0 Å². The molecule has 2 N–H and O–H groups in total. The summed E-state index contributed by atoms with van der Waals surface area (Å²) in [4.78, 5) is 10.4. The van der Waals surface area contributed by atoms with E-state index in [1.807, 2.05) is 0 Å². The summed E-state index contributed by atoms with van der Waals surface area (Å²) in [7, 11) is 0. The van der Waals surface area contributed by atoms with Crippen LogP contribution in [0.2, 0.25) is 0 Å². The van der Waals surface area contributed by atoms with Gasteiger partial charge in [0.2, 0.25) is 0 Å². The third-order valence-corrected chi connectivity index (χ3v) is 3.31. The van der Waals surface area contributed by atoms with Crippen LogP contribution in [0, 0.1) is 0 Å². The molecule has 100 valence electrons. The van der Waals surface area contributed by atoms with Gasteiger partial charge in [-0.05, 0) is 12.1 Å². The van der Waals surface area contributed by atoms with Crippen LogP contribution in [0.4, 0.5) is 13.2 Å². The molecule has 0 saturated carbocycles. The first-order valence-electron chi connectivity index (χ1n) is 4.96. The number of aliphatic hydroxyl groups is 2. The summed E-state index contributed by atoms with van der Waals surface area (Å²) in [5.74, 6) is -0.0555. The molecule has 1 unspecified atom stereocenters. The van der Waals surface area contributed by atoms with E-state index in [4.69, 9.17) is 10.2 Å². The molecule has 18 heavy (non-hydrogen) atoms. The molecule has 0 bridgehead atoms. The van der Waals surface area contributed by atoms with Crippen molar-refractivity contribution in [2.45, 2.75) is 17.2 Å². The van der Waals surface area contributed by atoms with E-state index >= 15 is 0 Å². The lowest BCUT2D eigenvalue weighted by Crippen LogP contribution is -2.15. The van der Waals surface area contributed by atoms with Crippen LogP contribution in [-0.4, -0.2) is 35.0 Å². The lowest BCUT2D eigenvalue weighted by atomic mass is 10.1. The number of carbonyl (C=O) groups excluding carboxylic acids is 1. The molecule has 0 radical (unpaired) electrons. The minimum Gasteiger partial charge on any atom is -0.394 e. The van der Waals surface area contributed by atoms with Crippen LogP contribution in [0.3, 0.4) is 0 Å². The average molecular weight is 280 g/mol. The number of thioether (sulfide) groups is 1. The van der Waals surface area contributed by atoms with Crippen molar-refractivity contribution in [1.29, 1.82) is 0 Å². The predicted molar refractivity (Wildman–Crippen MR) is 60.6 cm³/mol. The molecule has 3 nitrogen and oxygen atoms in total. The van der Waals surface area contributed by atoms with Crippen molar-refractivity contribution in [2.24, 2.45) is 0 Å². The smallest absolute Gasteiger partial charge is 0.394 e. The van der Waals surface area contributed by atoms with E-state index in [-0.39, 0.29) is 16.2 Å². The molecule has 7 heteroatoms. The van der Waals surface area contributed by atoms with E-state index in [1.165, 1.54) is 12.1 Å². The Morgan fingerprint density at radius 3 is 2.56 bits per heavy atom. The normalized spacial score (nSPS) is 13.4. The molecule has 0 amide bonds. The van der Waals surface area contributed by atoms with Crippen LogP contribution < -0.4 is 0 Å². The lowest BCUT2D eigenvalue weighted by Gasteiger charge is -2.14. The van der Waals surface area contributed by atoms with Gasteiger partial charge in [0.15, 0.2) is 0 Å². The predicted octanol–water partition coefficient (Wildman–Crippen LogP) is 1.96. The van der Waals surface area contributed by atoms with E-state index in [2.05, 4.69) is 0 Å². The molecule has 1 aromatic rings. The molecule has 0 aromatic heterocycles. The van der Waals surface area contributed by atoms with Crippen LogP contribution in [-0.2, 0) is 6.18 Å². The highest BCUT2D eigenvalue weighted by Crippen LogP contribution is 2.37. The van der Waals surface area contributed by atoms with E-state index in [0.717, 1.165) is 17.8 Å². The first kappa shape index (κ1) is 15.0. The van der Waals surface area contributed by atoms with Crippen molar-refractivity contribution in [3.8, 4) is 0 Å². The fourth-order valence-corrected chi connectivity index (χ4v) is 2.18. The second kappa shape index (κ2) is 6.21. The summed E-state index contributed by atoms with van der Waals surface area (Å²) in [6.45, 7) is -0.513. The Hall–Kier alpha value is -1.05. The first-order valence-corrected chi connectivity index (χ1v) is 5.95. The Labute approximate surface area is 106 Å². The zero-order chi connectivity index (χ0) is 13.8. The maximum Gasteiger partial charge on any atom is 0.417 e. The molecule has 0 saturated heterocycles. The van der Waals surface area contributed by atoms with E-state index in [1.54, 1.807) is 0 Å². The van der Waals surface area contributed by atoms with Gasteiger partial charge in [-0.2, -0.15) is 13.2 Å². The lowest BCUT2D eigenvalue weighted by molar-refractivity contribution is -0.139. The summed E-state index contributed by atoms with van der Waals surface area (Å²) < 4.78 is 38.2. The Balaban J connectivity index is 2.99. The van der Waals surface area contributed by atoms with Crippen molar-refractivity contribution in [3.63, 3.8) is 0 Å². The number of carbonyl (C=O) groups is 1. The number of hydrogen-bond donors (Lipinski definition) is 2. The topological polar surface area (TPSA) is 57.5 Å². The van der Waals surface area contributed by atoms with Crippen molar-refractivity contribution >= 4 is 18.0 Å². The highest BCUT2D eigenvalue weighted by molar-refractivity contribution is 7.99. The van der Waals surface area contributed by atoms with E-state index in [0.29, 0.717) is 6.29 Å². The third kappa shape index (κ3) is 4.01. The highest BCUT2D eigenvalue weighted by Gasteiger charge is 2.33. The van der Waals surface area contributed by atoms with Gasteiger partial charge in [-0.25, -0.2) is 0 Å². The standard InChI is InChI=1S/C11H11F3O3S/c12-11(13,14)9-3-7(4-15)1-2-10(9)18-6-8(17)5-16/h1-4,8,16-17H,5-6H2. The minimum atomic E-state index is -4.56. The van der Waals surface area contributed by atoms with Crippen LogP contribution in [0.15, 0.2) is 23.1 Å². The fraction of sp³-hybridized carbons (Fsp3) is 0.364. The molecule has 0 aliphatic carbocycles. The molecule has 0 aliphatic heterocycles. The summed E-state index contributed by atoms with van der Waals surface area (Å²) in [6.07, 6.45) is -5.31. The van der Waals surface area contributed by atoms with Crippen LogP contribution in [0.25, 0.3) is 0 Å². The van der Waals surface area contributed by atoms with Gasteiger partial charge in [0.05, 0.1) is 18.3 Å². The average Bonchev–Trinajstić information content (AvgIpc) is 2.34. The summed E-state index contributed by atoms with van der Waals surface area (Å²) in [5.41, 5.74) is -0.975. The number of benzene rings is 1. The minimum absolute atomic E-state index is 0.0555. The van der Waals surface area contributed by atoms with Crippen molar-refractivity contribution in [3.05, 3.63) is 29.3 Å². The van der Waals surface area contributed by atoms with Gasteiger partial charge in [0, 0.05) is 16.2 Å². The number of halogens is 3. The molecule has 1 aromatic carbocycles. The summed E-state index contributed by atoms with van der Waals surface area (Å²) in [6, 6.07) is 3.22. The van der Waals surface area contributed by atoms with Crippen molar-refractivity contribution in [2.75, 3.05) is 12.4 Å². The number of aldehydes is 1. The molecule has 1 rings (SSSR count). The van der Waals surface area contributed by atoms with Gasteiger partial charge in [0.1, 0.15) is 6.29 Å². The number of hydrogen-bond acceptors (Lipinski definition) is 4. The van der Waals surface area contributed by atoms with Gasteiger partial charge >= 0.3 is 6.18 Å². The summed E-state index contributed by atoms with van der Waals surface area (Å²) >= 11 is 0.780. The Kier molecular flexibility index (Phi) is 5.18.